The number of aromatic hydroxyl groups is 1. The number of phenols is 1. The van der Waals surface area contributed by atoms with Crippen molar-refractivity contribution in [2.24, 2.45) is 17.6 Å². The standard InChI is InChI=1S/C23H20FN5O2/c24-16-1-2-20(30)17(5-16)22-15(7-25)8-27-23-18(22)6-19(28-23)12-3-13-9-29(11-21(26)31)10-14(13)4-12/h1-3,5-6,8,13-14,30H,4,9-11H2,(H2,26,31)(H,27,28). The number of nitrogens with zero attached hydrogens (tertiary/aromatic N) is 3. The summed E-state index contributed by atoms with van der Waals surface area (Å²) in [4.78, 5) is 21.0. The van der Waals surface area contributed by atoms with Gasteiger partial charge < -0.3 is 15.8 Å². The van der Waals surface area contributed by atoms with Crippen LogP contribution < -0.4 is 5.73 Å². The summed E-state index contributed by atoms with van der Waals surface area (Å²) in [5.41, 5.74) is 8.91. The molecule has 2 unspecified atom stereocenters. The zero-order valence-corrected chi connectivity index (χ0v) is 16.6. The Bertz CT molecular complexity index is 1290. The SMILES string of the molecule is N#Cc1cnc2[nH]c(C3=CC4CN(CC(N)=O)CC4C3)cc2c1-c1cc(F)ccc1O. The topological polar surface area (TPSA) is 119 Å². The average molecular weight is 417 g/mol. The molecule has 1 aliphatic heterocycles. The molecule has 3 aromatic rings. The van der Waals surface area contributed by atoms with Gasteiger partial charge in [-0.05, 0) is 48.1 Å². The maximum Gasteiger partial charge on any atom is 0.231 e. The number of benzene rings is 1. The predicted octanol–water partition coefficient (Wildman–Crippen LogP) is 2.77. The predicted molar refractivity (Wildman–Crippen MR) is 113 cm³/mol. The smallest absolute Gasteiger partial charge is 0.231 e. The van der Waals surface area contributed by atoms with Crippen LogP contribution in [0.5, 0.6) is 5.75 Å². The Morgan fingerprint density at radius 3 is 2.97 bits per heavy atom. The van der Waals surface area contributed by atoms with E-state index in [0.717, 1.165) is 30.8 Å². The fourth-order valence-corrected chi connectivity index (χ4v) is 4.88. The van der Waals surface area contributed by atoms with Gasteiger partial charge in [0, 0.05) is 41.5 Å². The molecule has 1 amide bonds. The minimum Gasteiger partial charge on any atom is -0.507 e. The van der Waals surface area contributed by atoms with Crippen LogP contribution in [0.2, 0.25) is 0 Å². The number of rotatable bonds is 4. The Labute approximate surface area is 177 Å². The summed E-state index contributed by atoms with van der Waals surface area (Å²) in [6, 6.07) is 7.69. The van der Waals surface area contributed by atoms with Crippen LogP contribution in [0.4, 0.5) is 4.39 Å². The molecule has 7 nitrogen and oxygen atoms in total. The lowest BCUT2D eigenvalue weighted by Gasteiger charge is -2.13. The summed E-state index contributed by atoms with van der Waals surface area (Å²) in [5, 5.41) is 20.6. The number of hydrogen-bond acceptors (Lipinski definition) is 5. The van der Waals surface area contributed by atoms with Crippen molar-refractivity contribution in [1.29, 1.82) is 5.26 Å². The molecule has 0 bridgehead atoms. The minimum absolute atomic E-state index is 0.0997. The molecule has 2 aliphatic rings. The zero-order chi connectivity index (χ0) is 21.7. The highest BCUT2D eigenvalue weighted by Crippen LogP contribution is 2.43. The molecule has 1 fully saturated rings. The number of likely N-dealkylation sites (tertiary alicyclic amines) is 1. The average Bonchev–Trinajstić information content (AvgIpc) is 3.41. The normalized spacial score (nSPS) is 20.6. The van der Waals surface area contributed by atoms with E-state index < -0.39 is 5.82 Å². The van der Waals surface area contributed by atoms with Crippen LogP contribution in [0.15, 0.2) is 36.5 Å². The second-order valence-electron chi connectivity index (χ2n) is 8.25. The van der Waals surface area contributed by atoms with Crippen molar-refractivity contribution < 1.29 is 14.3 Å². The van der Waals surface area contributed by atoms with E-state index in [4.69, 9.17) is 5.73 Å². The largest absolute Gasteiger partial charge is 0.507 e. The maximum atomic E-state index is 13.9. The molecule has 8 heteroatoms. The van der Waals surface area contributed by atoms with Gasteiger partial charge in [-0.2, -0.15) is 5.26 Å². The van der Waals surface area contributed by atoms with Gasteiger partial charge >= 0.3 is 0 Å². The molecule has 0 radical (unpaired) electrons. The summed E-state index contributed by atoms with van der Waals surface area (Å²) in [7, 11) is 0. The van der Waals surface area contributed by atoms with Gasteiger partial charge in [-0.15, -0.1) is 0 Å². The molecule has 1 aromatic carbocycles. The van der Waals surface area contributed by atoms with Crippen molar-refractivity contribution in [2.75, 3.05) is 19.6 Å². The Kier molecular flexibility index (Phi) is 4.49. The third-order valence-electron chi connectivity index (χ3n) is 6.20. The molecule has 2 aromatic heterocycles. The number of amides is 1. The van der Waals surface area contributed by atoms with E-state index >= 15 is 0 Å². The monoisotopic (exact) mass is 417 g/mol. The van der Waals surface area contributed by atoms with Crippen LogP contribution in [0.1, 0.15) is 17.7 Å². The maximum absolute atomic E-state index is 13.9. The Hall–Kier alpha value is -3.70. The molecule has 0 spiro atoms. The molecule has 5 rings (SSSR count). The summed E-state index contributed by atoms with van der Waals surface area (Å²) in [6.07, 6.45) is 4.51. The van der Waals surface area contributed by atoms with Crippen molar-refractivity contribution >= 4 is 22.5 Å². The van der Waals surface area contributed by atoms with Gasteiger partial charge in [0.1, 0.15) is 23.3 Å². The molecule has 156 valence electrons. The van der Waals surface area contributed by atoms with Gasteiger partial charge in [-0.1, -0.05) is 6.08 Å². The number of allylic oxidation sites excluding steroid dienone is 1. The van der Waals surface area contributed by atoms with Crippen LogP contribution in [-0.2, 0) is 4.79 Å². The van der Waals surface area contributed by atoms with E-state index in [1.54, 1.807) is 0 Å². The second kappa shape index (κ2) is 7.22. The molecule has 31 heavy (non-hydrogen) atoms. The van der Waals surface area contributed by atoms with Crippen molar-refractivity contribution in [1.82, 2.24) is 14.9 Å². The van der Waals surface area contributed by atoms with Crippen molar-refractivity contribution in [3.8, 4) is 22.9 Å². The number of primary amides is 1. The number of aromatic nitrogens is 2. The van der Waals surface area contributed by atoms with Crippen LogP contribution >= 0.6 is 0 Å². The first kappa shape index (κ1) is 19.3. The van der Waals surface area contributed by atoms with Gasteiger partial charge in [0.15, 0.2) is 0 Å². The van der Waals surface area contributed by atoms with Crippen LogP contribution in [0.3, 0.4) is 0 Å². The number of hydrogen-bond donors (Lipinski definition) is 3. The van der Waals surface area contributed by atoms with Gasteiger partial charge in [-0.3, -0.25) is 9.69 Å². The summed E-state index contributed by atoms with van der Waals surface area (Å²) in [6.45, 7) is 1.91. The van der Waals surface area contributed by atoms with E-state index in [1.165, 1.54) is 24.4 Å². The van der Waals surface area contributed by atoms with E-state index in [2.05, 4.69) is 27.0 Å². The van der Waals surface area contributed by atoms with E-state index in [-0.39, 0.29) is 29.3 Å². The molecule has 0 saturated carbocycles. The highest BCUT2D eigenvalue weighted by atomic mass is 19.1. The number of pyridine rings is 1. The van der Waals surface area contributed by atoms with Crippen LogP contribution in [-0.4, -0.2) is 45.5 Å². The number of H-pyrrole nitrogens is 1. The molecule has 4 N–H and O–H groups in total. The Morgan fingerprint density at radius 1 is 1.39 bits per heavy atom. The number of halogens is 1. The molecule has 1 saturated heterocycles. The van der Waals surface area contributed by atoms with Crippen LogP contribution in [0, 0.1) is 29.0 Å². The summed E-state index contributed by atoms with van der Waals surface area (Å²) < 4.78 is 13.9. The van der Waals surface area contributed by atoms with E-state index in [0.29, 0.717) is 28.4 Å². The third kappa shape index (κ3) is 3.33. The molecular weight excluding hydrogens is 397 g/mol. The van der Waals surface area contributed by atoms with Gasteiger partial charge in [-0.25, -0.2) is 9.37 Å². The third-order valence-corrected chi connectivity index (χ3v) is 6.20. The fourth-order valence-electron chi connectivity index (χ4n) is 4.88. The number of aromatic amines is 1. The molecule has 3 heterocycles. The summed E-state index contributed by atoms with van der Waals surface area (Å²) >= 11 is 0. The molecular formula is C23H20FN5O2. The van der Waals surface area contributed by atoms with E-state index in [1.807, 2.05) is 6.07 Å². The first-order valence-electron chi connectivity index (χ1n) is 10.1. The first-order chi connectivity index (χ1) is 14.9. The van der Waals surface area contributed by atoms with Crippen LogP contribution in [0.25, 0.3) is 27.7 Å². The second-order valence-corrected chi connectivity index (χ2v) is 8.25. The van der Waals surface area contributed by atoms with Gasteiger partial charge in [0.05, 0.1) is 12.1 Å². The fraction of sp³-hybridized carbons (Fsp3) is 0.261. The quantitative estimate of drug-likeness (QED) is 0.603. The van der Waals surface area contributed by atoms with Gasteiger partial charge in [0.2, 0.25) is 5.91 Å². The first-order valence-corrected chi connectivity index (χ1v) is 10.1. The number of nitrogens with one attached hydrogen (secondary N) is 1. The highest BCUT2D eigenvalue weighted by molar-refractivity contribution is 5.99. The van der Waals surface area contributed by atoms with Gasteiger partial charge in [0.25, 0.3) is 0 Å². The lowest BCUT2D eigenvalue weighted by atomic mass is 9.97. The Morgan fingerprint density at radius 2 is 2.23 bits per heavy atom. The van der Waals surface area contributed by atoms with Crippen molar-refractivity contribution in [3.63, 3.8) is 0 Å². The number of nitrogens with two attached hydrogens (primary N) is 1. The van der Waals surface area contributed by atoms with E-state index in [9.17, 15) is 19.6 Å². The Balaban J connectivity index is 1.54. The number of phenolic OH excluding ortho intramolecular Hbond substituents is 1. The number of fused-ring (bicyclic) bond motifs is 2. The number of carbonyl (C=O) groups is 1. The minimum atomic E-state index is -0.496. The zero-order valence-electron chi connectivity index (χ0n) is 16.6. The van der Waals surface area contributed by atoms with Crippen molar-refractivity contribution in [3.05, 3.63) is 53.6 Å². The highest BCUT2D eigenvalue weighted by Gasteiger charge is 2.37. The number of carbonyl (C=O) groups excluding carboxylic acids is 1. The lowest BCUT2D eigenvalue weighted by molar-refractivity contribution is -0.118. The molecule has 2 atom stereocenters. The summed E-state index contributed by atoms with van der Waals surface area (Å²) in [5.74, 6) is -0.126. The molecule has 1 aliphatic carbocycles. The lowest BCUT2D eigenvalue weighted by Crippen LogP contribution is -2.32. The van der Waals surface area contributed by atoms with Crippen molar-refractivity contribution in [2.45, 2.75) is 6.42 Å². The number of nitriles is 1.